The second-order valence-electron chi connectivity index (χ2n) is 7.17. The maximum absolute atomic E-state index is 6.10. The fourth-order valence-electron chi connectivity index (χ4n) is 4.38. The van der Waals surface area contributed by atoms with Crippen molar-refractivity contribution in [3.8, 4) is 0 Å². The van der Waals surface area contributed by atoms with E-state index in [1.807, 2.05) is 0 Å². The molecule has 1 N–H and O–H groups in total. The highest BCUT2D eigenvalue weighted by molar-refractivity contribution is 4.96. The molecule has 0 aromatic rings. The largest absolute Gasteiger partial charge is 0.377 e. The second-order valence-corrected chi connectivity index (χ2v) is 7.17. The first-order valence-corrected chi connectivity index (χ1v) is 8.95. The summed E-state index contributed by atoms with van der Waals surface area (Å²) in [6.45, 7) is 5.71. The minimum absolute atomic E-state index is 0.446. The summed E-state index contributed by atoms with van der Waals surface area (Å²) in [6.07, 6.45) is 14.4. The van der Waals surface area contributed by atoms with Crippen molar-refractivity contribution in [3.05, 3.63) is 0 Å². The standard InChI is InChI=1S/C17H32N2O/c1-3-7-16(8-4-1)20-14-13-19-12-11-18-17(15-19)9-5-2-6-10-17/h16,18H,1-15H2. The molecule has 0 unspecified atom stereocenters. The minimum atomic E-state index is 0.446. The summed E-state index contributed by atoms with van der Waals surface area (Å²) >= 11 is 0. The van der Waals surface area contributed by atoms with Crippen LogP contribution in [0.15, 0.2) is 0 Å². The molecule has 2 saturated carbocycles. The Labute approximate surface area is 124 Å². The van der Waals surface area contributed by atoms with Gasteiger partial charge in [0.25, 0.3) is 0 Å². The molecule has 1 aliphatic heterocycles. The molecule has 0 aromatic carbocycles. The van der Waals surface area contributed by atoms with Gasteiger partial charge in [-0.15, -0.1) is 0 Å². The van der Waals surface area contributed by atoms with E-state index in [-0.39, 0.29) is 0 Å². The fourth-order valence-corrected chi connectivity index (χ4v) is 4.38. The quantitative estimate of drug-likeness (QED) is 0.857. The van der Waals surface area contributed by atoms with E-state index in [0.29, 0.717) is 11.6 Å². The van der Waals surface area contributed by atoms with Gasteiger partial charge >= 0.3 is 0 Å². The van der Waals surface area contributed by atoms with Crippen molar-refractivity contribution in [3.63, 3.8) is 0 Å². The van der Waals surface area contributed by atoms with Crippen molar-refractivity contribution in [2.45, 2.75) is 75.9 Å². The Bertz CT molecular complexity index is 277. The van der Waals surface area contributed by atoms with Gasteiger partial charge in [-0.3, -0.25) is 4.90 Å². The van der Waals surface area contributed by atoms with Crippen molar-refractivity contribution in [1.82, 2.24) is 10.2 Å². The van der Waals surface area contributed by atoms with Crippen LogP contribution in [0.25, 0.3) is 0 Å². The average Bonchev–Trinajstić information content (AvgIpc) is 2.49. The Kier molecular flexibility index (Phi) is 5.36. The van der Waals surface area contributed by atoms with Crippen LogP contribution >= 0.6 is 0 Å². The van der Waals surface area contributed by atoms with Crippen LogP contribution < -0.4 is 5.32 Å². The smallest absolute Gasteiger partial charge is 0.0597 e. The van der Waals surface area contributed by atoms with Crippen molar-refractivity contribution >= 4 is 0 Å². The number of hydrogen-bond donors (Lipinski definition) is 1. The molecular weight excluding hydrogens is 248 g/mol. The first-order chi connectivity index (χ1) is 9.86. The number of nitrogens with zero attached hydrogens (tertiary/aromatic N) is 1. The molecule has 1 heterocycles. The third-order valence-electron chi connectivity index (χ3n) is 5.58. The molecule has 1 saturated heterocycles. The van der Waals surface area contributed by atoms with Crippen molar-refractivity contribution in [1.29, 1.82) is 0 Å². The van der Waals surface area contributed by atoms with E-state index in [0.717, 1.165) is 13.2 Å². The van der Waals surface area contributed by atoms with Gasteiger partial charge in [-0.25, -0.2) is 0 Å². The van der Waals surface area contributed by atoms with Crippen molar-refractivity contribution < 1.29 is 4.74 Å². The predicted molar refractivity (Wildman–Crippen MR) is 83.1 cm³/mol. The van der Waals surface area contributed by atoms with Gasteiger partial charge in [0.05, 0.1) is 12.7 Å². The van der Waals surface area contributed by atoms with E-state index >= 15 is 0 Å². The Morgan fingerprint density at radius 1 is 1.00 bits per heavy atom. The van der Waals surface area contributed by atoms with E-state index in [4.69, 9.17) is 4.74 Å². The fraction of sp³-hybridized carbons (Fsp3) is 1.00. The number of nitrogens with one attached hydrogen (secondary N) is 1. The molecule has 3 fully saturated rings. The number of piperazine rings is 1. The summed E-state index contributed by atoms with van der Waals surface area (Å²) in [5.74, 6) is 0. The molecule has 0 aromatic heterocycles. The van der Waals surface area contributed by atoms with Crippen molar-refractivity contribution in [2.24, 2.45) is 0 Å². The molecule has 2 aliphatic carbocycles. The third kappa shape index (κ3) is 3.96. The van der Waals surface area contributed by atoms with E-state index < -0.39 is 0 Å². The SMILES string of the molecule is C1CCC(OCCN2CCNC3(CCCCC3)C2)CC1. The Morgan fingerprint density at radius 2 is 1.75 bits per heavy atom. The summed E-state index contributed by atoms with van der Waals surface area (Å²) in [6, 6.07) is 0. The van der Waals surface area contributed by atoms with Crippen LogP contribution in [0.3, 0.4) is 0 Å². The lowest BCUT2D eigenvalue weighted by Crippen LogP contribution is -2.61. The van der Waals surface area contributed by atoms with Crippen LogP contribution in [0, 0.1) is 0 Å². The number of ether oxygens (including phenoxy) is 1. The second kappa shape index (κ2) is 7.24. The van der Waals surface area contributed by atoms with Crippen molar-refractivity contribution in [2.75, 3.05) is 32.8 Å². The number of hydrogen-bond acceptors (Lipinski definition) is 3. The van der Waals surface area contributed by atoms with E-state index in [9.17, 15) is 0 Å². The molecule has 116 valence electrons. The zero-order chi connectivity index (χ0) is 13.7. The molecule has 3 nitrogen and oxygen atoms in total. The summed E-state index contributed by atoms with van der Waals surface area (Å²) in [5.41, 5.74) is 0.446. The molecule has 1 spiro atoms. The molecule has 3 aliphatic rings. The van der Waals surface area contributed by atoms with E-state index in [1.165, 1.54) is 83.8 Å². The van der Waals surface area contributed by atoms with Crippen LogP contribution in [0.1, 0.15) is 64.2 Å². The first kappa shape index (κ1) is 14.8. The molecule has 3 heteroatoms. The van der Waals surface area contributed by atoms with Gasteiger partial charge in [-0.2, -0.15) is 0 Å². The van der Waals surface area contributed by atoms with Gasteiger partial charge in [-0.1, -0.05) is 38.5 Å². The Hall–Kier alpha value is -0.120. The Balaban J connectivity index is 1.38. The molecule has 0 amide bonds. The van der Waals surface area contributed by atoms with E-state index in [1.54, 1.807) is 0 Å². The summed E-state index contributed by atoms with van der Waals surface area (Å²) in [7, 11) is 0. The monoisotopic (exact) mass is 280 g/mol. The zero-order valence-corrected chi connectivity index (χ0v) is 13.0. The van der Waals surface area contributed by atoms with E-state index in [2.05, 4.69) is 10.2 Å². The third-order valence-corrected chi connectivity index (χ3v) is 5.58. The normalized spacial score (nSPS) is 28.8. The molecule has 20 heavy (non-hydrogen) atoms. The van der Waals surface area contributed by atoms with Crippen LogP contribution in [0.2, 0.25) is 0 Å². The number of rotatable bonds is 4. The molecule has 3 rings (SSSR count). The summed E-state index contributed by atoms with van der Waals surface area (Å²) in [4.78, 5) is 2.64. The van der Waals surface area contributed by atoms with Gasteiger partial charge in [0, 0.05) is 31.7 Å². The average molecular weight is 280 g/mol. The molecular formula is C17H32N2O. The van der Waals surface area contributed by atoms with Gasteiger partial charge in [0.2, 0.25) is 0 Å². The highest BCUT2D eigenvalue weighted by atomic mass is 16.5. The lowest BCUT2D eigenvalue weighted by Gasteiger charge is -2.46. The Morgan fingerprint density at radius 3 is 2.55 bits per heavy atom. The van der Waals surface area contributed by atoms with Crippen LogP contribution in [0.5, 0.6) is 0 Å². The maximum Gasteiger partial charge on any atom is 0.0597 e. The molecule has 0 bridgehead atoms. The highest BCUT2D eigenvalue weighted by Crippen LogP contribution is 2.30. The molecule has 0 atom stereocenters. The zero-order valence-electron chi connectivity index (χ0n) is 13.0. The van der Waals surface area contributed by atoms with Gasteiger partial charge in [0.15, 0.2) is 0 Å². The lowest BCUT2D eigenvalue weighted by molar-refractivity contribution is 0.00488. The summed E-state index contributed by atoms with van der Waals surface area (Å²) < 4.78 is 6.10. The minimum Gasteiger partial charge on any atom is -0.377 e. The van der Waals surface area contributed by atoms with Gasteiger partial charge in [0.1, 0.15) is 0 Å². The van der Waals surface area contributed by atoms with Gasteiger partial charge in [-0.05, 0) is 25.7 Å². The highest BCUT2D eigenvalue weighted by Gasteiger charge is 2.35. The predicted octanol–water partition coefficient (Wildman–Crippen LogP) is 2.94. The first-order valence-electron chi connectivity index (χ1n) is 8.95. The maximum atomic E-state index is 6.10. The van der Waals surface area contributed by atoms with Crippen LogP contribution in [-0.4, -0.2) is 49.3 Å². The molecule has 0 radical (unpaired) electrons. The van der Waals surface area contributed by atoms with Crippen LogP contribution in [0.4, 0.5) is 0 Å². The lowest BCUT2D eigenvalue weighted by atomic mass is 9.80. The summed E-state index contributed by atoms with van der Waals surface area (Å²) in [5, 5.41) is 3.82. The topological polar surface area (TPSA) is 24.5 Å². The van der Waals surface area contributed by atoms with Crippen LogP contribution in [-0.2, 0) is 4.74 Å². The van der Waals surface area contributed by atoms with Gasteiger partial charge < -0.3 is 10.1 Å².